The first-order valence-electron chi connectivity index (χ1n) is 6.12. The number of allylic oxidation sites excluding steroid dienone is 2. The fraction of sp³-hybridized carbons (Fsp3) is 0.429. The van der Waals surface area contributed by atoms with Crippen LogP contribution in [0, 0.1) is 0 Å². The van der Waals surface area contributed by atoms with E-state index in [-0.39, 0.29) is 19.0 Å². The molecule has 0 fully saturated rings. The number of benzene rings is 1. The molecule has 0 atom stereocenters. The van der Waals surface area contributed by atoms with Gasteiger partial charge >= 0.3 is 6.18 Å². The van der Waals surface area contributed by atoms with Crippen LogP contribution >= 0.6 is 12.4 Å². The number of hydrogen-bond acceptors (Lipinski definition) is 1. The van der Waals surface area contributed by atoms with Crippen molar-refractivity contribution >= 4 is 18.0 Å². The Balaban J connectivity index is 0.00000180. The summed E-state index contributed by atoms with van der Waals surface area (Å²) < 4.78 is 39.2. The Morgan fingerprint density at radius 2 is 1.89 bits per heavy atom. The van der Waals surface area contributed by atoms with Gasteiger partial charge in [0.15, 0.2) is 0 Å². The first-order valence-corrected chi connectivity index (χ1v) is 6.12. The highest BCUT2D eigenvalue weighted by molar-refractivity contribution is 5.85. The Morgan fingerprint density at radius 1 is 1.16 bits per heavy atom. The number of hydrogen-bond donors (Lipinski definition) is 1. The number of rotatable bonds is 2. The zero-order valence-corrected chi connectivity index (χ0v) is 11.3. The Morgan fingerprint density at radius 3 is 2.42 bits per heavy atom. The number of nitrogens with two attached hydrogens (primary N) is 1. The fourth-order valence-electron chi connectivity index (χ4n) is 2.32. The zero-order valence-electron chi connectivity index (χ0n) is 10.5. The Bertz CT molecular complexity index is 466. The van der Waals surface area contributed by atoms with Crippen molar-refractivity contribution < 1.29 is 13.2 Å². The minimum Gasteiger partial charge on any atom is -0.326 e. The molecule has 0 aromatic heterocycles. The molecule has 2 rings (SSSR count). The van der Waals surface area contributed by atoms with Gasteiger partial charge in [-0.3, -0.25) is 0 Å². The molecule has 0 heterocycles. The van der Waals surface area contributed by atoms with Gasteiger partial charge in [0.25, 0.3) is 0 Å². The molecule has 5 heteroatoms. The minimum atomic E-state index is -4.32. The normalized spacial score (nSPS) is 15.7. The van der Waals surface area contributed by atoms with Gasteiger partial charge in [-0.1, -0.05) is 18.2 Å². The van der Waals surface area contributed by atoms with Gasteiger partial charge < -0.3 is 5.73 Å². The Labute approximate surface area is 117 Å². The molecular formula is C14H17ClF3N. The van der Waals surface area contributed by atoms with Gasteiger partial charge in [-0.15, -0.1) is 12.4 Å². The van der Waals surface area contributed by atoms with E-state index in [2.05, 4.69) is 0 Å². The van der Waals surface area contributed by atoms with Gasteiger partial charge in [0, 0.05) is 6.54 Å². The molecule has 0 radical (unpaired) electrons. The second kappa shape index (κ2) is 6.44. The van der Waals surface area contributed by atoms with E-state index in [0.717, 1.165) is 31.3 Å². The fourth-order valence-corrected chi connectivity index (χ4v) is 2.32. The van der Waals surface area contributed by atoms with Crippen molar-refractivity contribution in [1.29, 1.82) is 0 Å². The van der Waals surface area contributed by atoms with Gasteiger partial charge in [0.2, 0.25) is 0 Å². The summed E-state index contributed by atoms with van der Waals surface area (Å²) in [4.78, 5) is 0. The molecule has 0 amide bonds. The first-order chi connectivity index (χ1) is 8.52. The van der Waals surface area contributed by atoms with Crippen molar-refractivity contribution in [3.8, 4) is 0 Å². The summed E-state index contributed by atoms with van der Waals surface area (Å²) in [6.45, 7) is 0.127. The Hall–Kier alpha value is -1.00. The highest BCUT2D eigenvalue weighted by atomic mass is 35.5. The molecule has 0 aliphatic heterocycles. The third-order valence-electron chi connectivity index (χ3n) is 3.26. The van der Waals surface area contributed by atoms with Crippen LogP contribution in [0.4, 0.5) is 13.2 Å². The van der Waals surface area contributed by atoms with Crippen LogP contribution in [0.2, 0.25) is 0 Å². The molecule has 1 aliphatic rings. The average molecular weight is 292 g/mol. The average Bonchev–Trinajstić information content (AvgIpc) is 2.38. The van der Waals surface area contributed by atoms with Crippen LogP contribution in [0.15, 0.2) is 24.3 Å². The topological polar surface area (TPSA) is 26.0 Å². The zero-order chi connectivity index (χ0) is 13.2. The molecule has 2 N–H and O–H groups in total. The van der Waals surface area contributed by atoms with Gasteiger partial charge in [-0.2, -0.15) is 13.2 Å². The van der Waals surface area contributed by atoms with Crippen LogP contribution in [-0.2, 0) is 12.7 Å². The second-order valence-corrected chi connectivity index (χ2v) is 4.56. The lowest BCUT2D eigenvalue weighted by atomic mass is 9.89. The predicted molar refractivity (Wildman–Crippen MR) is 73.0 cm³/mol. The predicted octanol–water partition coefficient (Wildman–Crippen LogP) is 4.54. The van der Waals surface area contributed by atoms with E-state index in [0.29, 0.717) is 11.1 Å². The van der Waals surface area contributed by atoms with Crippen molar-refractivity contribution in [3.05, 3.63) is 41.0 Å². The lowest BCUT2D eigenvalue weighted by Gasteiger charge is -2.19. The van der Waals surface area contributed by atoms with Crippen LogP contribution < -0.4 is 5.73 Å². The van der Waals surface area contributed by atoms with Gasteiger partial charge in [-0.05, 0) is 48.4 Å². The van der Waals surface area contributed by atoms with Crippen LogP contribution in [0.3, 0.4) is 0 Å². The van der Waals surface area contributed by atoms with Crippen molar-refractivity contribution in [2.75, 3.05) is 0 Å². The molecule has 0 saturated heterocycles. The van der Waals surface area contributed by atoms with Crippen LogP contribution in [-0.4, -0.2) is 0 Å². The van der Waals surface area contributed by atoms with Crippen molar-refractivity contribution in [2.45, 2.75) is 38.4 Å². The molecule has 106 valence electrons. The highest BCUT2D eigenvalue weighted by Crippen LogP contribution is 2.38. The van der Waals surface area contributed by atoms with Crippen LogP contribution in [0.5, 0.6) is 0 Å². The molecule has 0 saturated carbocycles. The second-order valence-electron chi connectivity index (χ2n) is 4.56. The first kappa shape index (κ1) is 16.1. The molecule has 19 heavy (non-hydrogen) atoms. The lowest BCUT2D eigenvalue weighted by Crippen LogP contribution is -2.11. The molecule has 0 unspecified atom stereocenters. The van der Waals surface area contributed by atoms with E-state index in [4.69, 9.17) is 5.73 Å². The third kappa shape index (κ3) is 3.74. The molecule has 1 aromatic rings. The van der Waals surface area contributed by atoms with E-state index >= 15 is 0 Å². The van der Waals surface area contributed by atoms with Gasteiger partial charge in [-0.25, -0.2) is 0 Å². The molecule has 1 nitrogen and oxygen atoms in total. The molecule has 1 aromatic carbocycles. The van der Waals surface area contributed by atoms with Crippen molar-refractivity contribution in [2.24, 2.45) is 5.73 Å². The van der Waals surface area contributed by atoms with E-state index in [1.807, 2.05) is 6.08 Å². The van der Waals surface area contributed by atoms with Crippen molar-refractivity contribution in [3.63, 3.8) is 0 Å². The summed E-state index contributed by atoms with van der Waals surface area (Å²) in [5, 5.41) is 0. The maximum atomic E-state index is 13.1. The molecule has 0 bridgehead atoms. The maximum Gasteiger partial charge on any atom is 0.417 e. The van der Waals surface area contributed by atoms with Crippen LogP contribution in [0.25, 0.3) is 5.57 Å². The quantitative estimate of drug-likeness (QED) is 0.850. The highest BCUT2D eigenvalue weighted by Gasteiger charge is 2.34. The monoisotopic (exact) mass is 291 g/mol. The molecular weight excluding hydrogens is 275 g/mol. The van der Waals surface area contributed by atoms with E-state index in [9.17, 15) is 13.2 Å². The summed E-state index contributed by atoms with van der Waals surface area (Å²) in [7, 11) is 0. The third-order valence-corrected chi connectivity index (χ3v) is 3.26. The van der Waals surface area contributed by atoms with E-state index in [1.165, 1.54) is 6.07 Å². The smallest absolute Gasteiger partial charge is 0.326 e. The number of halogens is 4. The van der Waals surface area contributed by atoms with Gasteiger partial charge in [0.1, 0.15) is 0 Å². The summed E-state index contributed by atoms with van der Waals surface area (Å²) in [5.74, 6) is 0. The van der Waals surface area contributed by atoms with E-state index < -0.39 is 11.7 Å². The summed E-state index contributed by atoms with van der Waals surface area (Å²) in [5.41, 5.74) is 6.50. The van der Waals surface area contributed by atoms with Crippen LogP contribution in [0.1, 0.15) is 42.4 Å². The standard InChI is InChI=1S/C14H16F3N.ClH/c15-14(16,17)13-8-10(9-18)6-7-12(13)11-4-2-1-3-5-11;/h4,6-8H,1-3,5,9,18H2;1H. The van der Waals surface area contributed by atoms with Crippen molar-refractivity contribution in [1.82, 2.24) is 0 Å². The minimum absolute atomic E-state index is 0. The SMILES string of the molecule is Cl.NCc1ccc(C2=CCCCC2)c(C(F)(F)F)c1. The van der Waals surface area contributed by atoms with Gasteiger partial charge in [0.05, 0.1) is 5.56 Å². The summed E-state index contributed by atoms with van der Waals surface area (Å²) in [6.07, 6.45) is 1.22. The summed E-state index contributed by atoms with van der Waals surface area (Å²) in [6, 6.07) is 4.41. The lowest BCUT2D eigenvalue weighted by molar-refractivity contribution is -0.137. The maximum absolute atomic E-state index is 13.1. The number of alkyl halides is 3. The largest absolute Gasteiger partial charge is 0.417 e. The molecule has 1 aliphatic carbocycles. The Kier molecular flexibility index (Phi) is 5.44. The molecule has 0 spiro atoms. The summed E-state index contributed by atoms with van der Waals surface area (Å²) >= 11 is 0. The van der Waals surface area contributed by atoms with E-state index in [1.54, 1.807) is 12.1 Å².